The first-order valence-corrected chi connectivity index (χ1v) is 22.6. The third kappa shape index (κ3) is 5.81. The van der Waals surface area contributed by atoms with Crippen LogP contribution in [0.1, 0.15) is 25.0 Å². The molecule has 13 rings (SSSR count). The van der Waals surface area contributed by atoms with Crippen LogP contribution in [0.4, 0.5) is 17.1 Å². The molecule has 11 aromatic carbocycles. The van der Waals surface area contributed by atoms with Gasteiger partial charge in [0.15, 0.2) is 0 Å². The summed E-state index contributed by atoms with van der Waals surface area (Å²) >= 11 is 0. The molecule has 0 amide bonds. The molecule has 1 heterocycles. The van der Waals surface area contributed by atoms with E-state index in [-0.39, 0.29) is 5.41 Å². The fourth-order valence-electron chi connectivity index (χ4n) is 10.9. The summed E-state index contributed by atoms with van der Waals surface area (Å²) in [5.41, 5.74) is 17.4. The lowest BCUT2D eigenvalue weighted by molar-refractivity contribution is 0.660. The maximum Gasteiger partial charge on any atom is 0.143 e. The predicted molar refractivity (Wildman–Crippen MR) is 275 cm³/mol. The second-order valence-electron chi connectivity index (χ2n) is 18.0. The first kappa shape index (κ1) is 37.4. The molecule has 1 aliphatic carbocycles. The predicted octanol–water partition coefficient (Wildman–Crippen LogP) is 17.8. The Balaban J connectivity index is 1.01. The Morgan fingerprint density at radius 3 is 1.68 bits per heavy atom. The fraction of sp³-hybridized carbons (Fsp3) is 0.0476. The van der Waals surface area contributed by atoms with Crippen molar-refractivity contribution in [2.24, 2.45) is 0 Å². The van der Waals surface area contributed by atoms with Gasteiger partial charge in [0.05, 0.1) is 0 Å². The molecule has 0 N–H and O–H groups in total. The van der Waals surface area contributed by atoms with E-state index in [9.17, 15) is 0 Å². The average Bonchev–Trinajstić information content (AvgIpc) is 3.87. The van der Waals surface area contributed by atoms with Crippen molar-refractivity contribution in [1.82, 2.24) is 0 Å². The normalized spacial score (nSPS) is 12.9. The number of hydrogen-bond donors (Lipinski definition) is 0. The summed E-state index contributed by atoms with van der Waals surface area (Å²) < 4.78 is 6.96. The molecule has 306 valence electrons. The first-order valence-electron chi connectivity index (χ1n) is 22.6. The number of furan rings is 1. The second kappa shape index (κ2) is 14.4. The fourth-order valence-corrected chi connectivity index (χ4v) is 10.9. The van der Waals surface area contributed by atoms with Gasteiger partial charge in [-0.3, -0.25) is 0 Å². The monoisotopic (exact) mass is 829 g/mol. The highest BCUT2D eigenvalue weighted by atomic mass is 16.3. The van der Waals surface area contributed by atoms with Crippen molar-refractivity contribution in [3.63, 3.8) is 0 Å². The molecule has 2 heteroatoms. The van der Waals surface area contributed by atoms with E-state index < -0.39 is 0 Å². The molecule has 0 spiro atoms. The van der Waals surface area contributed by atoms with Crippen molar-refractivity contribution in [2.45, 2.75) is 19.3 Å². The van der Waals surface area contributed by atoms with Crippen molar-refractivity contribution < 1.29 is 4.42 Å². The summed E-state index contributed by atoms with van der Waals surface area (Å²) in [5, 5.41) is 9.48. The topological polar surface area (TPSA) is 16.4 Å². The summed E-state index contributed by atoms with van der Waals surface area (Å²) in [7, 11) is 0. The highest BCUT2D eigenvalue weighted by Gasteiger charge is 2.36. The van der Waals surface area contributed by atoms with E-state index in [0.29, 0.717) is 0 Å². The highest BCUT2D eigenvalue weighted by molar-refractivity contribution is 6.33. The van der Waals surface area contributed by atoms with Gasteiger partial charge in [-0.2, -0.15) is 0 Å². The highest BCUT2D eigenvalue weighted by Crippen LogP contribution is 2.52. The second-order valence-corrected chi connectivity index (χ2v) is 18.0. The molecule has 0 saturated carbocycles. The van der Waals surface area contributed by atoms with Crippen LogP contribution in [0.2, 0.25) is 0 Å². The van der Waals surface area contributed by atoms with Gasteiger partial charge in [-0.1, -0.05) is 190 Å². The van der Waals surface area contributed by atoms with E-state index in [0.717, 1.165) is 61.1 Å². The van der Waals surface area contributed by atoms with Crippen LogP contribution in [0.15, 0.2) is 229 Å². The van der Waals surface area contributed by atoms with E-state index in [1.807, 2.05) is 0 Å². The zero-order valence-electron chi connectivity index (χ0n) is 36.2. The maximum atomic E-state index is 6.96. The van der Waals surface area contributed by atoms with Crippen molar-refractivity contribution >= 4 is 71.3 Å². The van der Waals surface area contributed by atoms with Crippen LogP contribution in [0, 0.1) is 0 Å². The standard InChI is InChI=1S/C63H43NO/c1-63(2)56-23-13-12-20-52(56)53-35-34-48(39-57(53)63)64(46-30-26-42(27-31-46)40-14-4-3-5-15-40)47-32-28-43(29-33-47)49-36-37-58-61(59(49)45-25-24-41-16-6-7-17-44(41)38-45)60-54-21-10-8-18-50(54)51-19-9-11-22-55(51)62(60)65-58/h3-39H,1-2H3. The Labute approximate surface area is 378 Å². The van der Waals surface area contributed by atoms with Crippen LogP contribution >= 0.6 is 0 Å². The SMILES string of the molecule is CC1(C)c2ccccc2-c2ccc(N(c3ccc(-c4ccccc4)cc3)c3ccc(-c4ccc5oc6c7ccccc7c7ccccc7c6c5c4-c4ccc5ccccc5c4)cc3)cc21. The number of nitrogens with zero attached hydrogens (tertiary/aromatic N) is 1. The van der Waals surface area contributed by atoms with Gasteiger partial charge >= 0.3 is 0 Å². The quantitative estimate of drug-likeness (QED) is 0.155. The number of anilines is 3. The molecule has 0 bridgehead atoms. The van der Waals surface area contributed by atoms with E-state index in [2.05, 4.69) is 243 Å². The van der Waals surface area contributed by atoms with E-state index in [4.69, 9.17) is 4.42 Å². The van der Waals surface area contributed by atoms with Gasteiger partial charge in [0.25, 0.3) is 0 Å². The van der Waals surface area contributed by atoms with Crippen LogP contribution in [0.25, 0.3) is 98.8 Å². The smallest absolute Gasteiger partial charge is 0.143 e. The molecule has 0 saturated heterocycles. The molecule has 2 nitrogen and oxygen atoms in total. The Morgan fingerprint density at radius 2 is 0.908 bits per heavy atom. The van der Waals surface area contributed by atoms with Crippen LogP contribution < -0.4 is 4.90 Å². The zero-order valence-corrected chi connectivity index (χ0v) is 36.2. The van der Waals surface area contributed by atoms with Crippen LogP contribution in [-0.2, 0) is 5.41 Å². The van der Waals surface area contributed by atoms with Gasteiger partial charge < -0.3 is 9.32 Å². The molecule has 0 radical (unpaired) electrons. The minimum Gasteiger partial charge on any atom is -0.455 e. The summed E-state index contributed by atoms with van der Waals surface area (Å²) in [6.45, 7) is 4.71. The Morgan fingerprint density at radius 1 is 0.354 bits per heavy atom. The Hall–Kier alpha value is -8.20. The lowest BCUT2D eigenvalue weighted by atomic mass is 9.82. The van der Waals surface area contributed by atoms with Crippen molar-refractivity contribution in [2.75, 3.05) is 4.90 Å². The largest absolute Gasteiger partial charge is 0.455 e. The summed E-state index contributed by atoms with van der Waals surface area (Å²) in [5.74, 6) is 0. The number of hydrogen-bond acceptors (Lipinski definition) is 2. The minimum absolute atomic E-state index is 0.124. The van der Waals surface area contributed by atoms with Crippen molar-refractivity contribution in [1.29, 1.82) is 0 Å². The van der Waals surface area contributed by atoms with Gasteiger partial charge in [-0.15, -0.1) is 0 Å². The van der Waals surface area contributed by atoms with Gasteiger partial charge in [-0.05, 0) is 126 Å². The van der Waals surface area contributed by atoms with Crippen molar-refractivity contribution in [3.05, 3.63) is 236 Å². The number of rotatable bonds is 6. The Bertz CT molecular complexity index is 3840. The van der Waals surface area contributed by atoms with Crippen molar-refractivity contribution in [3.8, 4) is 44.5 Å². The van der Waals surface area contributed by atoms with E-state index >= 15 is 0 Å². The molecule has 0 atom stereocenters. The van der Waals surface area contributed by atoms with Gasteiger partial charge in [-0.25, -0.2) is 0 Å². The van der Waals surface area contributed by atoms with Gasteiger partial charge in [0.2, 0.25) is 0 Å². The molecule has 1 aromatic heterocycles. The van der Waals surface area contributed by atoms with Crippen LogP contribution in [-0.4, -0.2) is 0 Å². The molecule has 65 heavy (non-hydrogen) atoms. The molecular weight excluding hydrogens is 787 g/mol. The summed E-state index contributed by atoms with van der Waals surface area (Å²) in [4.78, 5) is 2.41. The lowest BCUT2D eigenvalue weighted by Gasteiger charge is -2.28. The molecule has 12 aromatic rings. The summed E-state index contributed by atoms with van der Waals surface area (Å²) in [6.07, 6.45) is 0. The summed E-state index contributed by atoms with van der Waals surface area (Å²) in [6, 6.07) is 82.1. The van der Waals surface area contributed by atoms with Crippen LogP contribution in [0.5, 0.6) is 0 Å². The van der Waals surface area contributed by atoms with E-state index in [1.165, 1.54) is 65.9 Å². The zero-order chi connectivity index (χ0) is 43.2. The molecule has 0 aliphatic heterocycles. The van der Waals surface area contributed by atoms with Gasteiger partial charge in [0.1, 0.15) is 11.2 Å². The number of fused-ring (bicyclic) bond motifs is 12. The first-order chi connectivity index (χ1) is 32.0. The lowest BCUT2D eigenvalue weighted by Crippen LogP contribution is -2.16. The third-order valence-corrected chi connectivity index (χ3v) is 14.0. The average molecular weight is 830 g/mol. The van der Waals surface area contributed by atoms with Crippen LogP contribution in [0.3, 0.4) is 0 Å². The molecular formula is C63H43NO. The third-order valence-electron chi connectivity index (χ3n) is 14.0. The number of benzene rings is 11. The molecule has 0 fully saturated rings. The van der Waals surface area contributed by atoms with E-state index in [1.54, 1.807) is 0 Å². The maximum absolute atomic E-state index is 6.96. The molecule has 0 unspecified atom stereocenters. The van der Waals surface area contributed by atoms with Gasteiger partial charge in [0, 0.05) is 44.2 Å². The minimum atomic E-state index is -0.124. The molecule has 1 aliphatic rings. The Kier molecular flexibility index (Phi) is 8.29.